The Morgan fingerprint density at radius 1 is 1.37 bits per heavy atom. The number of ether oxygens (including phenoxy) is 2. The van der Waals surface area contributed by atoms with Crippen molar-refractivity contribution in [3.8, 4) is 5.75 Å². The van der Waals surface area contributed by atoms with Crippen LogP contribution in [0.3, 0.4) is 0 Å². The van der Waals surface area contributed by atoms with Crippen LogP contribution in [0.1, 0.15) is 54.9 Å². The molecule has 2 aromatic rings. The molecular formula is C21H27N3O3. The maximum atomic E-state index is 12.8. The molecule has 1 N–H and O–H groups in total. The Kier molecular flexibility index (Phi) is 4.68. The fourth-order valence-corrected chi connectivity index (χ4v) is 4.07. The van der Waals surface area contributed by atoms with Gasteiger partial charge in [0.1, 0.15) is 11.9 Å². The lowest BCUT2D eigenvalue weighted by Crippen LogP contribution is -2.31. The van der Waals surface area contributed by atoms with E-state index in [2.05, 4.69) is 31.2 Å². The summed E-state index contributed by atoms with van der Waals surface area (Å²) < 4.78 is 13.8. The van der Waals surface area contributed by atoms with Gasteiger partial charge in [-0.3, -0.25) is 9.48 Å². The molecule has 2 aliphatic rings. The fourth-order valence-electron chi connectivity index (χ4n) is 4.07. The molecule has 3 heterocycles. The molecule has 27 heavy (non-hydrogen) atoms. The van der Waals surface area contributed by atoms with Crippen molar-refractivity contribution in [3.05, 3.63) is 47.3 Å². The second-order valence-corrected chi connectivity index (χ2v) is 7.98. The molecule has 2 aliphatic heterocycles. The summed E-state index contributed by atoms with van der Waals surface area (Å²) in [6.07, 6.45) is 2.71. The molecule has 6 heteroatoms. The van der Waals surface area contributed by atoms with Crippen LogP contribution in [-0.2, 0) is 16.7 Å². The molecule has 0 saturated carbocycles. The summed E-state index contributed by atoms with van der Waals surface area (Å²) in [4.78, 5) is 12.8. The first-order valence-electron chi connectivity index (χ1n) is 9.69. The van der Waals surface area contributed by atoms with Crippen LogP contribution in [0.15, 0.2) is 30.5 Å². The highest BCUT2D eigenvalue weighted by Crippen LogP contribution is 2.40. The Morgan fingerprint density at radius 3 is 3.04 bits per heavy atom. The number of nitrogens with zero attached hydrogens (tertiary/aromatic N) is 2. The van der Waals surface area contributed by atoms with Crippen LogP contribution in [0, 0.1) is 5.92 Å². The zero-order valence-electron chi connectivity index (χ0n) is 16.2. The van der Waals surface area contributed by atoms with Gasteiger partial charge in [0.05, 0.1) is 17.9 Å². The minimum absolute atomic E-state index is 0.0237. The number of hydrogen-bond acceptors (Lipinski definition) is 4. The van der Waals surface area contributed by atoms with Gasteiger partial charge in [0.2, 0.25) is 0 Å². The third kappa shape index (κ3) is 3.23. The average molecular weight is 369 g/mol. The van der Waals surface area contributed by atoms with Gasteiger partial charge in [-0.25, -0.2) is 0 Å². The van der Waals surface area contributed by atoms with E-state index in [0.717, 1.165) is 30.0 Å². The molecule has 1 amide bonds. The van der Waals surface area contributed by atoms with Crippen LogP contribution >= 0.6 is 0 Å². The van der Waals surface area contributed by atoms with Gasteiger partial charge in [-0.15, -0.1) is 0 Å². The summed E-state index contributed by atoms with van der Waals surface area (Å²) in [6.45, 7) is 9.04. The number of fused-ring (bicyclic) bond motifs is 1. The van der Waals surface area contributed by atoms with Gasteiger partial charge in [-0.2, -0.15) is 5.10 Å². The van der Waals surface area contributed by atoms with Crippen LogP contribution in [-0.4, -0.2) is 35.4 Å². The van der Waals surface area contributed by atoms with E-state index >= 15 is 0 Å². The highest BCUT2D eigenvalue weighted by atomic mass is 16.5. The highest BCUT2D eigenvalue weighted by Gasteiger charge is 2.35. The van der Waals surface area contributed by atoms with Crippen molar-refractivity contribution in [2.45, 2.75) is 45.3 Å². The van der Waals surface area contributed by atoms with Gasteiger partial charge in [0, 0.05) is 42.8 Å². The van der Waals surface area contributed by atoms with E-state index < -0.39 is 0 Å². The zero-order valence-corrected chi connectivity index (χ0v) is 16.2. The van der Waals surface area contributed by atoms with Crippen LogP contribution in [0.5, 0.6) is 5.75 Å². The molecule has 144 valence electrons. The number of amides is 1. The molecule has 0 bridgehead atoms. The van der Waals surface area contributed by atoms with Crippen molar-refractivity contribution in [3.63, 3.8) is 0 Å². The van der Waals surface area contributed by atoms with E-state index in [9.17, 15) is 4.79 Å². The number of nitrogens with one attached hydrogen (secondary N) is 1. The normalized spacial score (nSPS) is 23.1. The number of aromatic nitrogens is 2. The number of carbonyl (C=O) groups excluding carboxylic acids is 1. The van der Waals surface area contributed by atoms with E-state index in [0.29, 0.717) is 25.3 Å². The number of benzene rings is 1. The monoisotopic (exact) mass is 369 g/mol. The summed E-state index contributed by atoms with van der Waals surface area (Å²) in [5, 5.41) is 7.44. The largest absolute Gasteiger partial charge is 0.492 e. The lowest BCUT2D eigenvalue weighted by Gasteiger charge is -2.20. The average Bonchev–Trinajstić information content (AvgIpc) is 3.37. The van der Waals surface area contributed by atoms with Gasteiger partial charge in [-0.1, -0.05) is 26.0 Å². The molecule has 2 atom stereocenters. The third-order valence-corrected chi connectivity index (χ3v) is 5.65. The smallest absolute Gasteiger partial charge is 0.255 e. The van der Waals surface area contributed by atoms with Crippen LogP contribution in [0.4, 0.5) is 0 Å². The van der Waals surface area contributed by atoms with Gasteiger partial charge in [-0.05, 0) is 25.5 Å². The third-order valence-electron chi connectivity index (χ3n) is 5.65. The molecule has 0 spiro atoms. The minimum atomic E-state index is -0.0841. The van der Waals surface area contributed by atoms with E-state index in [-0.39, 0.29) is 23.3 Å². The quantitative estimate of drug-likeness (QED) is 0.880. The topological polar surface area (TPSA) is 65.4 Å². The van der Waals surface area contributed by atoms with Crippen molar-refractivity contribution in [1.29, 1.82) is 0 Å². The van der Waals surface area contributed by atoms with Crippen molar-refractivity contribution in [2.24, 2.45) is 5.92 Å². The molecule has 1 saturated heterocycles. The molecular weight excluding hydrogens is 342 g/mol. The number of hydrogen-bond donors (Lipinski definition) is 1. The lowest BCUT2D eigenvalue weighted by molar-refractivity contribution is 0.0794. The minimum Gasteiger partial charge on any atom is -0.492 e. The first kappa shape index (κ1) is 18.0. The van der Waals surface area contributed by atoms with Gasteiger partial charge in [0.25, 0.3) is 5.91 Å². The van der Waals surface area contributed by atoms with Crippen LogP contribution in [0.25, 0.3) is 0 Å². The first-order valence-corrected chi connectivity index (χ1v) is 9.69. The van der Waals surface area contributed by atoms with Crippen molar-refractivity contribution >= 4 is 5.91 Å². The first-order chi connectivity index (χ1) is 13.0. The number of rotatable bonds is 5. The highest BCUT2D eigenvalue weighted by molar-refractivity contribution is 5.97. The molecule has 0 aliphatic carbocycles. The second kappa shape index (κ2) is 7.00. The summed E-state index contributed by atoms with van der Waals surface area (Å²) in [5.74, 6) is 0.882. The molecule has 0 radical (unpaired) electrons. The van der Waals surface area contributed by atoms with Crippen molar-refractivity contribution in [2.75, 3.05) is 19.8 Å². The maximum Gasteiger partial charge on any atom is 0.255 e. The molecule has 1 aromatic carbocycles. The number of aryl methyl sites for hydroxylation is 1. The van der Waals surface area contributed by atoms with E-state index in [1.54, 1.807) is 0 Å². The summed E-state index contributed by atoms with van der Waals surface area (Å²) in [6, 6.07) is 7.83. The van der Waals surface area contributed by atoms with Crippen LogP contribution < -0.4 is 10.1 Å². The second-order valence-electron chi connectivity index (χ2n) is 7.98. The summed E-state index contributed by atoms with van der Waals surface area (Å²) >= 11 is 0. The van der Waals surface area contributed by atoms with Crippen LogP contribution in [0.2, 0.25) is 0 Å². The van der Waals surface area contributed by atoms with Gasteiger partial charge < -0.3 is 14.8 Å². The molecule has 0 unspecified atom stereocenters. The Morgan fingerprint density at radius 2 is 2.22 bits per heavy atom. The van der Waals surface area contributed by atoms with Crippen molar-refractivity contribution < 1.29 is 14.3 Å². The lowest BCUT2D eigenvalue weighted by atomic mass is 9.86. The molecule has 1 aromatic heterocycles. The fraction of sp³-hybridized carbons (Fsp3) is 0.524. The Hall–Kier alpha value is -2.34. The molecule has 1 fully saturated rings. The number of para-hydroxylation sites is 1. The molecule has 4 rings (SSSR count). The zero-order chi connectivity index (χ0) is 19.0. The Labute approximate surface area is 159 Å². The Bertz CT molecular complexity index is 843. The Balaban J connectivity index is 1.47. The summed E-state index contributed by atoms with van der Waals surface area (Å²) in [7, 11) is 0. The predicted molar refractivity (Wildman–Crippen MR) is 102 cm³/mol. The van der Waals surface area contributed by atoms with E-state index in [1.807, 2.05) is 35.1 Å². The number of carbonyl (C=O) groups is 1. The maximum absolute atomic E-state index is 12.8. The standard InChI is InChI=1S/C21H27N3O3/c1-4-24-17(8-10-23-24)18-14(9-11-26-18)12-22-20(25)15-6-5-7-16-19(15)27-13-21(16,2)3/h5-8,10,14,18H,4,9,11-13H2,1-3H3,(H,22,25)/t14-,18+/m0/s1. The van der Waals surface area contributed by atoms with Gasteiger partial charge in [0.15, 0.2) is 0 Å². The van der Waals surface area contributed by atoms with Gasteiger partial charge >= 0.3 is 0 Å². The van der Waals surface area contributed by atoms with Crippen molar-refractivity contribution in [1.82, 2.24) is 15.1 Å². The predicted octanol–water partition coefficient (Wildman–Crippen LogP) is 3.08. The van der Waals surface area contributed by atoms with E-state index in [1.165, 1.54) is 0 Å². The van der Waals surface area contributed by atoms with E-state index in [4.69, 9.17) is 9.47 Å². The SMILES string of the molecule is CCn1nccc1[C@@H]1OCC[C@H]1CNC(=O)c1cccc2c1OCC2(C)C. The summed E-state index contributed by atoms with van der Waals surface area (Å²) in [5.41, 5.74) is 2.74. The molecule has 6 nitrogen and oxygen atoms in total.